The summed E-state index contributed by atoms with van der Waals surface area (Å²) in [6.45, 7) is -0.775. The van der Waals surface area contributed by atoms with Crippen LogP contribution in [0, 0.1) is 0 Å². The van der Waals surface area contributed by atoms with Gasteiger partial charge in [-0.25, -0.2) is 4.98 Å². The molecule has 0 aliphatic rings. The standard InChI is InChI=1S/C10H15N5O4/c11-2-8(16)15-7(1-6-3-12-5-14-6)10(19)13-4-9(17)18/h3,5,7H,1-2,4,11H2,(H,12,14)(H,13,19)(H,15,16)(H,17,18)/t7-/m0/s1. The molecule has 1 rings (SSSR count). The van der Waals surface area contributed by atoms with Gasteiger partial charge < -0.3 is 26.5 Å². The molecule has 1 aromatic rings. The lowest BCUT2D eigenvalue weighted by molar-refractivity contribution is -0.138. The zero-order valence-electron chi connectivity index (χ0n) is 10.0. The number of carbonyl (C=O) groups is 3. The maximum atomic E-state index is 11.8. The number of aromatic nitrogens is 2. The van der Waals surface area contributed by atoms with Crippen LogP contribution in [0.4, 0.5) is 0 Å². The van der Waals surface area contributed by atoms with Crippen LogP contribution < -0.4 is 16.4 Å². The highest BCUT2D eigenvalue weighted by molar-refractivity contribution is 5.90. The molecule has 0 fully saturated rings. The summed E-state index contributed by atoms with van der Waals surface area (Å²) in [5.74, 6) is -2.27. The van der Waals surface area contributed by atoms with E-state index in [1.807, 2.05) is 0 Å². The Balaban J connectivity index is 2.65. The Morgan fingerprint density at radius 2 is 2.21 bits per heavy atom. The fourth-order valence-corrected chi connectivity index (χ4v) is 1.36. The van der Waals surface area contributed by atoms with Crippen molar-refractivity contribution in [2.45, 2.75) is 12.5 Å². The number of rotatable bonds is 7. The van der Waals surface area contributed by atoms with Crippen molar-refractivity contribution in [3.63, 3.8) is 0 Å². The van der Waals surface area contributed by atoms with Crippen LogP contribution in [0.2, 0.25) is 0 Å². The summed E-state index contributed by atoms with van der Waals surface area (Å²) in [5, 5.41) is 13.1. The van der Waals surface area contributed by atoms with Crippen molar-refractivity contribution in [3.05, 3.63) is 18.2 Å². The molecule has 2 amide bonds. The number of imidazole rings is 1. The van der Waals surface area contributed by atoms with Crippen LogP contribution in [-0.4, -0.2) is 52.0 Å². The molecule has 19 heavy (non-hydrogen) atoms. The topological polar surface area (TPSA) is 150 Å². The fourth-order valence-electron chi connectivity index (χ4n) is 1.36. The molecule has 0 radical (unpaired) electrons. The number of H-pyrrole nitrogens is 1. The highest BCUT2D eigenvalue weighted by Gasteiger charge is 2.21. The largest absolute Gasteiger partial charge is 0.480 e. The van der Waals surface area contributed by atoms with E-state index in [9.17, 15) is 14.4 Å². The molecule has 0 saturated carbocycles. The Labute approximate surface area is 108 Å². The fraction of sp³-hybridized carbons (Fsp3) is 0.400. The third kappa shape index (κ3) is 5.17. The number of aliphatic carboxylic acids is 1. The number of carboxylic acid groups (broad SMARTS) is 1. The number of nitrogens with zero attached hydrogens (tertiary/aromatic N) is 1. The van der Waals surface area contributed by atoms with E-state index >= 15 is 0 Å². The molecule has 1 heterocycles. The molecule has 0 bridgehead atoms. The Morgan fingerprint density at radius 1 is 1.47 bits per heavy atom. The third-order valence-corrected chi connectivity index (χ3v) is 2.23. The van der Waals surface area contributed by atoms with E-state index in [0.29, 0.717) is 5.69 Å². The normalized spacial score (nSPS) is 11.6. The number of hydrogen-bond donors (Lipinski definition) is 5. The Hall–Kier alpha value is -2.42. The third-order valence-electron chi connectivity index (χ3n) is 2.23. The van der Waals surface area contributed by atoms with Crippen LogP contribution in [-0.2, 0) is 20.8 Å². The van der Waals surface area contributed by atoms with E-state index in [-0.39, 0.29) is 13.0 Å². The first-order chi connectivity index (χ1) is 9.02. The monoisotopic (exact) mass is 269 g/mol. The van der Waals surface area contributed by atoms with Gasteiger partial charge in [-0.2, -0.15) is 0 Å². The molecule has 9 heteroatoms. The van der Waals surface area contributed by atoms with E-state index in [1.165, 1.54) is 12.5 Å². The smallest absolute Gasteiger partial charge is 0.322 e. The number of amides is 2. The minimum absolute atomic E-state index is 0.164. The molecule has 9 nitrogen and oxygen atoms in total. The number of carboxylic acids is 1. The lowest BCUT2D eigenvalue weighted by Gasteiger charge is -2.16. The van der Waals surface area contributed by atoms with Gasteiger partial charge >= 0.3 is 5.97 Å². The summed E-state index contributed by atoms with van der Waals surface area (Å²) in [7, 11) is 0. The van der Waals surface area contributed by atoms with Crippen molar-refractivity contribution >= 4 is 17.8 Å². The van der Waals surface area contributed by atoms with Crippen molar-refractivity contribution in [1.82, 2.24) is 20.6 Å². The highest BCUT2D eigenvalue weighted by Crippen LogP contribution is 1.98. The lowest BCUT2D eigenvalue weighted by atomic mass is 10.1. The predicted molar refractivity (Wildman–Crippen MR) is 63.9 cm³/mol. The molecule has 104 valence electrons. The van der Waals surface area contributed by atoms with Gasteiger partial charge in [0.05, 0.1) is 12.9 Å². The maximum Gasteiger partial charge on any atom is 0.322 e. The van der Waals surface area contributed by atoms with Gasteiger partial charge in [0.1, 0.15) is 12.6 Å². The van der Waals surface area contributed by atoms with Gasteiger partial charge in [-0.1, -0.05) is 0 Å². The van der Waals surface area contributed by atoms with Crippen LogP contribution in [0.3, 0.4) is 0 Å². The van der Waals surface area contributed by atoms with Crippen LogP contribution in [0.15, 0.2) is 12.5 Å². The van der Waals surface area contributed by atoms with Crippen molar-refractivity contribution in [3.8, 4) is 0 Å². The molecule has 1 atom stereocenters. The van der Waals surface area contributed by atoms with Gasteiger partial charge in [-0.15, -0.1) is 0 Å². The van der Waals surface area contributed by atoms with Gasteiger partial charge in [0.25, 0.3) is 0 Å². The van der Waals surface area contributed by atoms with Gasteiger partial charge in [-0.3, -0.25) is 14.4 Å². The van der Waals surface area contributed by atoms with E-state index in [0.717, 1.165) is 0 Å². The maximum absolute atomic E-state index is 11.8. The zero-order valence-corrected chi connectivity index (χ0v) is 10.0. The van der Waals surface area contributed by atoms with E-state index < -0.39 is 30.4 Å². The first-order valence-electron chi connectivity index (χ1n) is 5.49. The first kappa shape index (κ1) is 14.6. The zero-order chi connectivity index (χ0) is 14.3. The second-order valence-corrected chi connectivity index (χ2v) is 3.72. The molecular weight excluding hydrogens is 254 g/mol. The number of carbonyl (C=O) groups excluding carboxylic acids is 2. The van der Waals surface area contributed by atoms with Crippen LogP contribution >= 0.6 is 0 Å². The van der Waals surface area contributed by atoms with Gasteiger partial charge in [0.15, 0.2) is 0 Å². The van der Waals surface area contributed by atoms with Crippen LogP contribution in [0.1, 0.15) is 5.69 Å². The minimum Gasteiger partial charge on any atom is -0.480 e. The molecule has 0 spiro atoms. The molecule has 0 saturated heterocycles. The number of hydrogen-bond acceptors (Lipinski definition) is 5. The lowest BCUT2D eigenvalue weighted by Crippen LogP contribution is -2.50. The molecular formula is C10H15N5O4. The molecule has 1 aromatic heterocycles. The summed E-state index contributed by atoms with van der Waals surface area (Å²) < 4.78 is 0. The number of nitrogens with one attached hydrogen (secondary N) is 3. The Morgan fingerprint density at radius 3 is 2.74 bits per heavy atom. The van der Waals surface area contributed by atoms with Gasteiger partial charge in [0, 0.05) is 18.3 Å². The Bertz CT molecular complexity index is 445. The quantitative estimate of drug-likeness (QED) is 0.372. The van der Waals surface area contributed by atoms with Gasteiger partial charge in [0.2, 0.25) is 11.8 Å². The van der Waals surface area contributed by atoms with E-state index in [4.69, 9.17) is 10.8 Å². The van der Waals surface area contributed by atoms with E-state index in [2.05, 4.69) is 20.6 Å². The molecule has 0 aromatic carbocycles. The first-order valence-corrected chi connectivity index (χ1v) is 5.49. The molecule has 6 N–H and O–H groups in total. The second-order valence-electron chi connectivity index (χ2n) is 3.72. The minimum atomic E-state index is -1.17. The molecule has 0 aliphatic carbocycles. The van der Waals surface area contributed by atoms with Crippen molar-refractivity contribution in [2.75, 3.05) is 13.1 Å². The highest BCUT2D eigenvalue weighted by atomic mass is 16.4. The van der Waals surface area contributed by atoms with Gasteiger partial charge in [-0.05, 0) is 0 Å². The average molecular weight is 269 g/mol. The molecule has 0 aliphatic heterocycles. The van der Waals surface area contributed by atoms with Crippen molar-refractivity contribution in [1.29, 1.82) is 0 Å². The number of nitrogens with two attached hydrogens (primary N) is 1. The summed E-state index contributed by atoms with van der Waals surface area (Å²) >= 11 is 0. The summed E-state index contributed by atoms with van der Waals surface area (Å²) in [6.07, 6.45) is 3.11. The molecule has 0 unspecified atom stereocenters. The van der Waals surface area contributed by atoms with Crippen molar-refractivity contribution in [2.24, 2.45) is 5.73 Å². The summed E-state index contributed by atoms with van der Waals surface area (Å²) in [5.41, 5.74) is 5.79. The number of aromatic amines is 1. The SMILES string of the molecule is NCC(=O)N[C@@H](Cc1cnc[nH]1)C(=O)NCC(=O)O. The summed E-state index contributed by atoms with van der Waals surface area (Å²) in [6, 6.07) is -0.907. The summed E-state index contributed by atoms with van der Waals surface area (Å²) in [4.78, 5) is 40.0. The van der Waals surface area contributed by atoms with Crippen LogP contribution in [0.25, 0.3) is 0 Å². The predicted octanol–water partition coefficient (Wildman–Crippen LogP) is -2.40. The van der Waals surface area contributed by atoms with Crippen LogP contribution in [0.5, 0.6) is 0 Å². The average Bonchev–Trinajstić information content (AvgIpc) is 2.87. The Kier molecular flexibility index (Phi) is 5.48. The van der Waals surface area contributed by atoms with Crippen molar-refractivity contribution < 1.29 is 19.5 Å². The second kappa shape index (κ2) is 7.11. The van der Waals surface area contributed by atoms with E-state index in [1.54, 1.807) is 0 Å².